The smallest absolute Gasteiger partial charge is 0.0286 e. The molecule has 0 unspecified atom stereocenters. The minimum absolute atomic E-state index is 0.991. The molecule has 0 spiro atoms. The van der Waals surface area contributed by atoms with Crippen LogP contribution < -0.4 is 0 Å². The second-order valence-corrected chi connectivity index (χ2v) is 3.58. The van der Waals surface area contributed by atoms with Crippen molar-refractivity contribution in [1.29, 1.82) is 0 Å². The van der Waals surface area contributed by atoms with Gasteiger partial charge >= 0.3 is 0 Å². The summed E-state index contributed by atoms with van der Waals surface area (Å²) in [5.41, 5.74) is 2.67. The summed E-state index contributed by atoms with van der Waals surface area (Å²) < 4.78 is 0. The van der Waals surface area contributed by atoms with Gasteiger partial charge < -0.3 is 0 Å². The summed E-state index contributed by atoms with van der Waals surface area (Å²) in [7, 11) is 1.56. The molecule has 0 atom stereocenters. The molecule has 0 saturated carbocycles. The molecule has 0 fully saturated rings. The average Bonchev–Trinajstić information content (AvgIpc) is 1.88. The Labute approximate surface area is 70.8 Å². The maximum Gasteiger partial charge on any atom is 0.0286 e. The molecule has 0 aliphatic heterocycles. The van der Waals surface area contributed by atoms with E-state index in [1.807, 2.05) is 0 Å². The van der Waals surface area contributed by atoms with E-state index in [0.29, 0.717) is 0 Å². The monoisotopic (exact) mass is 170 g/mol. The predicted molar refractivity (Wildman–Crippen MR) is 51.5 cm³/mol. The SMILES string of the molecule is Cc1cccc(CSS)c1. The van der Waals surface area contributed by atoms with Crippen LogP contribution in [0.4, 0.5) is 0 Å². The highest BCUT2D eigenvalue weighted by Crippen LogP contribution is 2.15. The molecule has 1 aromatic carbocycles. The first-order chi connectivity index (χ1) is 4.83. The van der Waals surface area contributed by atoms with Crippen LogP contribution in [0.1, 0.15) is 11.1 Å². The van der Waals surface area contributed by atoms with Crippen molar-refractivity contribution in [2.45, 2.75) is 12.7 Å². The lowest BCUT2D eigenvalue weighted by molar-refractivity contribution is 1.36. The third-order valence-electron chi connectivity index (χ3n) is 1.31. The lowest BCUT2D eigenvalue weighted by Gasteiger charge is -1.97. The van der Waals surface area contributed by atoms with Crippen LogP contribution in [0.5, 0.6) is 0 Å². The number of rotatable bonds is 2. The fraction of sp³-hybridized carbons (Fsp3) is 0.250. The lowest BCUT2D eigenvalue weighted by Crippen LogP contribution is -1.78. The van der Waals surface area contributed by atoms with Crippen LogP contribution in [-0.2, 0) is 5.75 Å². The minimum atomic E-state index is 0.991. The van der Waals surface area contributed by atoms with Crippen molar-refractivity contribution in [2.75, 3.05) is 0 Å². The van der Waals surface area contributed by atoms with Gasteiger partial charge in [-0.15, -0.1) is 11.7 Å². The van der Waals surface area contributed by atoms with Crippen molar-refractivity contribution < 1.29 is 0 Å². The Morgan fingerprint density at radius 3 is 2.90 bits per heavy atom. The summed E-state index contributed by atoms with van der Waals surface area (Å²) >= 11 is 4.08. The quantitative estimate of drug-likeness (QED) is 0.526. The number of hydrogen-bond donors (Lipinski definition) is 1. The highest BCUT2D eigenvalue weighted by molar-refractivity contribution is 8.68. The van der Waals surface area contributed by atoms with Crippen molar-refractivity contribution in [3.05, 3.63) is 35.4 Å². The summed E-state index contributed by atoms with van der Waals surface area (Å²) in [6.45, 7) is 2.10. The number of aryl methyl sites for hydroxylation is 1. The summed E-state index contributed by atoms with van der Waals surface area (Å²) in [5.74, 6) is 0.991. The third-order valence-corrected chi connectivity index (χ3v) is 2.16. The van der Waals surface area contributed by atoms with E-state index in [1.54, 1.807) is 10.8 Å². The first kappa shape index (κ1) is 8.02. The minimum Gasteiger partial charge on any atom is -0.111 e. The van der Waals surface area contributed by atoms with Gasteiger partial charge in [0.1, 0.15) is 0 Å². The maximum absolute atomic E-state index is 4.08. The highest BCUT2D eigenvalue weighted by Gasteiger charge is 1.89. The van der Waals surface area contributed by atoms with E-state index in [-0.39, 0.29) is 0 Å². The lowest BCUT2D eigenvalue weighted by atomic mass is 10.2. The molecule has 0 aromatic heterocycles. The zero-order chi connectivity index (χ0) is 7.40. The largest absolute Gasteiger partial charge is 0.111 e. The van der Waals surface area contributed by atoms with Gasteiger partial charge in [0.2, 0.25) is 0 Å². The van der Waals surface area contributed by atoms with Crippen LogP contribution in [0.25, 0.3) is 0 Å². The summed E-state index contributed by atoms with van der Waals surface area (Å²) in [5, 5.41) is 0. The zero-order valence-electron chi connectivity index (χ0n) is 5.87. The molecular weight excluding hydrogens is 160 g/mol. The van der Waals surface area contributed by atoms with E-state index < -0.39 is 0 Å². The molecule has 0 radical (unpaired) electrons. The van der Waals surface area contributed by atoms with Gasteiger partial charge in [0.05, 0.1) is 0 Å². The number of benzene rings is 1. The van der Waals surface area contributed by atoms with E-state index in [9.17, 15) is 0 Å². The van der Waals surface area contributed by atoms with Crippen LogP contribution in [-0.4, -0.2) is 0 Å². The molecule has 0 N–H and O–H groups in total. The molecule has 0 aliphatic rings. The van der Waals surface area contributed by atoms with Gasteiger partial charge in [-0.3, -0.25) is 0 Å². The Morgan fingerprint density at radius 2 is 2.30 bits per heavy atom. The van der Waals surface area contributed by atoms with E-state index in [2.05, 4.69) is 42.9 Å². The van der Waals surface area contributed by atoms with Gasteiger partial charge in [-0.1, -0.05) is 40.6 Å². The van der Waals surface area contributed by atoms with E-state index in [4.69, 9.17) is 0 Å². The highest BCUT2D eigenvalue weighted by atomic mass is 33.1. The van der Waals surface area contributed by atoms with Gasteiger partial charge in [-0.25, -0.2) is 0 Å². The van der Waals surface area contributed by atoms with Crippen molar-refractivity contribution in [2.24, 2.45) is 0 Å². The Kier molecular flexibility index (Phi) is 3.16. The fourth-order valence-electron chi connectivity index (χ4n) is 0.876. The van der Waals surface area contributed by atoms with Gasteiger partial charge in [-0.05, 0) is 12.5 Å². The molecular formula is C8H10S2. The Balaban J connectivity index is 2.75. The topological polar surface area (TPSA) is 0 Å². The molecule has 2 heteroatoms. The normalized spacial score (nSPS) is 9.80. The summed E-state index contributed by atoms with van der Waals surface area (Å²) in [6, 6.07) is 8.49. The van der Waals surface area contributed by atoms with Crippen LogP contribution in [0, 0.1) is 6.92 Å². The molecule has 0 aliphatic carbocycles. The Morgan fingerprint density at radius 1 is 1.50 bits per heavy atom. The van der Waals surface area contributed by atoms with Crippen LogP contribution in [0.15, 0.2) is 24.3 Å². The molecule has 1 aromatic rings. The first-order valence-electron chi connectivity index (χ1n) is 3.15. The molecule has 0 amide bonds. The molecule has 0 saturated heterocycles. The summed E-state index contributed by atoms with van der Waals surface area (Å²) in [6.07, 6.45) is 0. The first-order valence-corrected chi connectivity index (χ1v) is 5.18. The molecule has 0 heterocycles. The zero-order valence-corrected chi connectivity index (χ0v) is 7.58. The van der Waals surface area contributed by atoms with Crippen molar-refractivity contribution in [3.8, 4) is 0 Å². The van der Waals surface area contributed by atoms with Gasteiger partial charge in [-0.2, -0.15) is 0 Å². The second kappa shape index (κ2) is 3.94. The fourth-order valence-corrected chi connectivity index (χ4v) is 1.65. The molecule has 54 valence electrons. The van der Waals surface area contributed by atoms with Gasteiger partial charge in [0.15, 0.2) is 0 Å². The number of thiol groups is 1. The van der Waals surface area contributed by atoms with Crippen molar-refractivity contribution in [3.63, 3.8) is 0 Å². The van der Waals surface area contributed by atoms with Crippen LogP contribution in [0.3, 0.4) is 0 Å². The molecule has 0 bridgehead atoms. The summed E-state index contributed by atoms with van der Waals surface area (Å²) in [4.78, 5) is 0. The molecule has 1 rings (SSSR count). The van der Waals surface area contributed by atoms with Crippen molar-refractivity contribution >= 4 is 22.5 Å². The van der Waals surface area contributed by atoms with Crippen LogP contribution >= 0.6 is 22.5 Å². The Hall–Kier alpha value is -0.0800. The third kappa shape index (κ3) is 2.27. The predicted octanol–water partition coefficient (Wildman–Crippen LogP) is 3.07. The van der Waals surface area contributed by atoms with E-state index in [0.717, 1.165) is 5.75 Å². The van der Waals surface area contributed by atoms with Crippen LogP contribution in [0.2, 0.25) is 0 Å². The molecule has 10 heavy (non-hydrogen) atoms. The number of hydrogen-bond acceptors (Lipinski definition) is 2. The Bertz CT molecular complexity index is 208. The molecule has 0 nitrogen and oxygen atoms in total. The van der Waals surface area contributed by atoms with E-state index >= 15 is 0 Å². The van der Waals surface area contributed by atoms with Gasteiger partial charge in [0.25, 0.3) is 0 Å². The second-order valence-electron chi connectivity index (χ2n) is 2.26. The standard InChI is InChI=1S/C8H10S2/c1-7-3-2-4-8(5-7)6-10-9/h2-5,9H,6H2,1H3. The van der Waals surface area contributed by atoms with Crippen molar-refractivity contribution in [1.82, 2.24) is 0 Å². The maximum atomic E-state index is 4.08. The van der Waals surface area contributed by atoms with Gasteiger partial charge in [0, 0.05) is 5.75 Å². The average molecular weight is 170 g/mol. The van der Waals surface area contributed by atoms with E-state index in [1.165, 1.54) is 11.1 Å².